The molecule has 25 heavy (non-hydrogen) atoms. The lowest BCUT2D eigenvalue weighted by atomic mass is 9.75. The summed E-state index contributed by atoms with van der Waals surface area (Å²) in [7, 11) is 0. The van der Waals surface area contributed by atoms with Crippen LogP contribution in [0.1, 0.15) is 51.7 Å². The Morgan fingerprint density at radius 1 is 1.20 bits per heavy atom. The van der Waals surface area contributed by atoms with Gasteiger partial charge in [-0.2, -0.15) is 0 Å². The number of carbonyl (C=O) groups is 1. The van der Waals surface area contributed by atoms with Gasteiger partial charge in [-0.15, -0.1) is 0 Å². The summed E-state index contributed by atoms with van der Waals surface area (Å²) in [5, 5.41) is 10.5. The standard InChI is InChI=1S/C21H28O4/c1-13(2)16-10-9-14(3)11-18(16)24-19-12-17(21(23)25-19)20(22)15-7-5-4-6-8-15/h4-8,12-14,16,18-20,22H,9-11H2,1-3H3/t14-,16+,18-,19-,20+/m1/s1. The highest BCUT2D eigenvalue weighted by molar-refractivity contribution is 5.92. The monoisotopic (exact) mass is 344 g/mol. The Balaban J connectivity index is 1.71. The van der Waals surface area contributed by atoms with Crippen LogP contribution in [0.15, 0.2) is 42.0 Å². The van der Waals surface area contributed by atoms with E-state index in [9.17, 15) is 9.90 Å². The third kappa shape index (κ3) is 4.13. The van der Waals surface area contributed by atoms with Gasteiger partial charge in [-0.05, 0) is 42.2 Å². The van der Waals surface area contributed by atoms with Crippen LogP contribution in [0, 0.1) is 17.8 Å². The molecule has 1 saturated carbocycles. The molecule has 5 atom stereocenters. The maximum Gasteiger partial charge on any atom is 0.339 e. The van der Waals surface area contributed by atoms with Gasteiger partial charge in [0.1, 0.15) is 6.10 Å². The molecule has 1 aromatic carbocycles. The average molecular weight is 344 g/mol. The zero-order valence-electron chi connectivity index (χ0n) is 15.2. The minimum Gasteiger partial charge on any atom is -0.428 e. The van der Waals surface area contributed by atoms with E-state index < -0.39 is 18.4 Å². The van der Waals surface area contributed by atoms with Gasteiger partial charge in [0.15, 0.2) is 0 Å². The second kappa shape index (κ2) is 7.71. The van der Waals surface area contributed by atoms with Crippen LogP contribution in [-0.4, -0.2) is 23.5 Å². The third-order valence-corrected chi connectivity index (χ3v) is 5.45. The molecule has 136 valence electrons. The van der Waals surface area contributed by atoms with Crippen molar-refractivity contribution in [2.24, 2.45) is 17.8 Å². The molecule has 1 aliphatic heterocycles. The quantitative estimate of drug-likeness (QED) is 0.820. The largest absolute Gasteiger partial charge is 0.428 e. The number of cyclic esters (lactones) is 1. The highest BCUT2D eigenvalue weighted by Crippen LogP contribution is 2.37. The molecule has 4 heteroatoms. The molecule has 1 heterocycles. The van der Waals surface area contributed by atoms with Gasteiger partial charge in [0.2, 0.25) is 6.29 Å². The third-order valence-electron chi connectivity index (χ3n) is 5.45. The summed E-state index contributed by atoms with van der Waals surface area (Å²) in [6.45, 7) is 6.68. The highest BCUT2D eigenvalue weighted by atomic mass is 16.7. The number of aliphatic hydroxyl groups excluding tert-OH is 1. The van der Waals surface area contributed by atoms with Gasteiger partial charge in [0.05, 0.1) is 11.7 Å². The van der Waals surface area contributed by atoms with E-state index in [0.717, 1.165) is 12.8 Å². The van der Waals surface area contributed by atoms with Crippen molar-refractivity contribution in [3.63, 3.8) is 0 Å². The zero-order chi connectivity index (χ0) is 18.0. The van der Waals surface area contributed by atoms with Crippen LogP contribution in [0.2, 0.25) is 0 Å². The van der Waals surface area contributed by atoms with Crippen molar-refractivity contribution in [3.8, 4) is 0 Å². The van der Waals surface area contributed by atoms with E-state index in [0.29, 0.717) is 23.3 Å². The smallest absolute Gasteiger partial charge is 0.339 e. The summed E-state index contributed by atoms with van der Waals surface area (Å²) in [5.74, 6) is 1.14. The number of hydrogen-bond acceptors (Lipinski definition) is 4. The summed E-state index contributed by atoms with van der Waals surface area (Å²) in [5.41, 5.74) is 0.943. The number of hydrogen-bond donors (Lipinski definition) is 1. The first-order valence-electron chi connectivity index (χ1n) is 9.27. The Hall–Kier alpha value is -1.65. The van der Waals surface area contributed by atoms with Crippen LogP contribution in [0.3, 0.4) is 0 Å². The van der Waals surface area contributed by atoms with Crippen molar-refractivity contribution in [3.05, 3.63) is 47.5 Å². The van der Waals surface area contributed by atoms with Crippen LogP contribution in [-0.2, 0) is 14.3 Å². The molecule has 0 aromatic heterocycles. The van der Waals surface area contributed by atoms with Gasteiger partial charge in [-0.1, -0.05) is 57.5 Å². The SMILES string of the molecule is CC(C)[C@@H]1CC[C@@H](C)C[C@H]1O[C@H]1C=C([C@@H](O)c2ccccc2)C(=O)O1. The fourth-order valence-corrected chi connectivity index (χ4v) is 3.95. The Morgan fingerprint density at radius 3 is 2.60 bits per heavy atom. The molecule has 0 saturated heterocycles. The predicted octanol–water partition coefficient (Wildman–Crippen LogP) is 4.01. The first-order chi connectivity index (χ1) is 12.0. The summed E-state index contributed by atoms with van der Waals surface area (Å²) < 4.78 is 11.5. The summed E-state index contributed by atoms with van der Waals surface area (Å²) >= 11 is 0. The molecule has 0 amide bonds. The number of ether oxygens (including phenoxy) is 2. The molecule has 1 aromatic rings. The topological polar surface area (TPSA) is 55.8 Å². The normalized spacial score (nSPS) is 30.9. The van der Waals surface area contributed by atoms with Gasteiger partial charge < -0.3 is 14.6 Å². The van der Waals surface area contributed by atoms with Crippen LogP contribution < -0.4 is 0 Å². The van der Waals surface area contributed by atoms with Crippen LogP contribution in [0.5, 0.6) is 0 Å². The molecule has 4 nitrogen and oxygen atoms in total. The molecule has 1 N–H and O–H groups in total. The lowest BCUT2D eigenvalue weighted by Gasteiger charge is -2.37. The predicted molar refractivity (Wildman–Crippen MR) is 95.6 cm³/mol. The molecular weight excluding hydrogens is 316 g/mol. The zero-order valence-corrected chi connectivity index (χ0v) is 15.2. The van der Waals surface area contributed by atoms with Gasteiger partial charge in [0.25, 0.3) is 0 Å². The molecule has 3 rings (SSSR count). The minimum absolute atomic E-state index is 0.0889. The summed E-state index contributed by atoms with van der Waals surface area (Å²) in [4.78, 5) is 12.2. The fourth-order valence-electron chi connectivity index (χ4n) is 3.95. The molecule has 0 unspecified atom stereocenters. The first kappa shape index (κ1) is 18.2. The second-order valence-corrected chi connectivity index (χ2v) is 7.71. The van der Waals surface area contributed by atoms with Crippen LogP contribution in [0.25, 0.3) is 0 Å². The van der Waals surface area contributed by atoms with E-state index in [1.165, 1.54) is 6.42 Å². The Kier molecular flexibility index (Phi) is 5.60. The number of rotatable bonds is 5. The molecule has 0 radical (unpaired) electrons. The molecule has 1 fully saturated rings. The summed E-state index contributed by atoms with van der Waals surface area (Å²) in [6.07, 6.45) is 3.41. The van der Waals surface area contributed by atoms with Gasteiger partial charge >= 0.3 is 5.97 Å². The highest BCUT2D eigenvalue weighted by Gasteiger charge is 2.37. The lowest BCUT2D eigenvalue weighted by molar-refractivity contribution is -0.179. The van der Waals surface area contributed by atoms with Crippen LogP contribution >= 0.6 is 0 Å². The van der Waals surface area contributed by atoms with Crippen molar-refractivity contribution >= 4 is 5.97 Å². The van der Waals surface area contributed by atoms with E-state index in [-0.39, 0.29) is 11.7 Å². The fraction of sp³-hybridized carbons (Fsp3) is 0.571. The van der Waals surface area contributed by atoms with Gasteiger partial charge in [-0.3, -0.25) is 0 Å². The van der Waals surface area contributed by atoms with Crippen molar-refractivity contribution in [2.45, 2.75) is 58.5 Å². The number of benzene rings is 1. The van der Waals surface area contributed by atoms with E-state index >= 15 is 0 Å². The maximum absolute atomic E-state index is 12.2. The molecule has 1 aliphatic carbocycles. The van der Waals surface area contributed by atoms with E-state index in [4.69, 9.17) is 9.47 Å². The number of esters is 1. The van der Waals surface area contributed by atoms with Gasteiger partial charge in [0, 0.05) is 0 Å². The van der Waals surface area contributed by atoms with E-state index in [1.54, 1.807) is 18.2 Å². The van der Waals surface area contributed by atoms with Gasteiger partial charge in [-0.25, -0.2) is 4.79 Å². The molecular formula is C21H28O4. The molecule has 0 bridgehead atoms. The Morgan fingerprint density at radius 2 is 1.92 bits per heavy atom. The number of aliphatic hydroxyl groups is 1. The molecule has 2 aliphatic rings. The van der Waals surface area contributed by atoms with Crippen molar-refractivity contribution in [1.82, 2.24) is 0 Å². The lowest BCUT2D eigenvalue weighted by Crippen LogP contribution is -2.36. The number of carbonyl (C=O) groups excluding carboxylic acids is 1. The minimum atomic E-state index is -0.978. The first-order valence-corrected chi connectivity index (χ1v) is 9.27. The van der Waals surface area contributed by atoms with E-state index in [1.807, 2.05) is 18.2 Å². The molecule has 0 spiro atoms. The van der Waals surface area contributed by atoms with E-state index in [2.05, 4.69) is 20.8 Å². The van der Waals surface area contributed by atoms with Crippen molar-refractivity contribution < 1.29 is 19.4 Å². The van der Waals surface area contributed by atoms with Crippen molar-refractivity contribution in [1.29, 1.82) is 0 Å². The van der Waals surface area contributed by atoms with Crippen molar-refractivity contribution in [2.75, 3.05) is 0 Å². The Labute approximate surface area is 149 Å². The van der Waals surface area contributed by atoms with Crippen LogP contribution in [0.4, 0.5) is 0 Å². The summed E-state index contributed by atoms with van der Waals surface area (Å²) in [6, 6.07) is 9.14. The second-order valence-electron chi connectivity index (χ2n) is 7.71. The average Bonchev–Trinajstić information content (AvgIpc) is 2.95. The maximum atomic E-state index is 12.2. The Bertz CT molecular complexity index is 622.